The van der Waals surface area contributed by atoms with Crippen molar-refractivity contribution >= 4 is 44.6 Å². The number of esters is 1. The number of hydrogen-bond acceptors (Lipinski definition) is 6. The molecule has 0 atom stereocenters. The van der Waals surface area contributed by atoms with E-state index in [9.17, 15) is 18.0 Å². The predicted octanol–water partition coefficient (Wildman–Crippen LogP) is 4.30. The third kappa shape index (κ3) is 6.40. The summed E-state index contributed by atoms with van der Waals surface area (Å²) in [6.07, 6.45) is -0.0955. The van der Waals surface area contributed by atoms with E-state index in [1.807, 2.05) is 0 Å². The molecule has 7 nitrogen and oxygen atoms in total. The highest BCUT2D eigenvalue weighted by Crippen LogP contribution is 2.21. The molecule has 3 rings (SSSR count). The molecule has 0 fully saturated rings. The molecule has 0 unspecified atom stereocenters. The van der Waals surface area contributed by atoms with Crippen molar-refractivity contribution in [1.82, 2.24) is 0 Å². The molecule has 1 aromatic heterocycles. The van der Waals surface area contributed by atoms with Gasteiger partial charge in [-0.1, -0.05) is 24.3 Å². The van der Waals surface area contributed by atoms with Gasteiger partial charge < -0.3 is 10.1 Å². The molecule has 0 aliphatic carbocycles. The Morgan fingerprint density at radius 1 is 1.00 bits per heavy atom. The number of hydrogen-bond donors (Lipinski definition) is 2. The van der Waals surface area contributed by atoms with Crippen molar-refractivity contribution in [2.24, 2.45) is 0 Å². The number of benzene rings is 2. The van der Waals surface area contributed by atoms with E-state index in [-0.39, 0.29) is 34.0 Å². The smallest absolute Gasteiger partial charge is 0.310 e. The van der Waals surface area contributed by atoms with Gasteiger partial charge in [0.2, 0.25) is 0 Å². The van der Waals surface area contributed by atoms with E-state index in [1.54, 1.807) is 67.8 Å². The molecule has 0 radical (unpaired) electrons. The van der Waals surface area contributed by atoms with E-state index in [1.165, 1.54) is 12.1 Å². The van der Waals surface area contributed by atoms with Crippen LogP contribution in [0.1, 0.15) is 29.8 Å². The SMILES string of the molecule is CC(C)OC(=O)Cc1cccc(NC(=O)c2cccc(NS(=O)(=O)c3cccs3)c2)c1. The summed E-state index contributed by atoms with van der Waals surface area (Å²) in [7, 11) is -3.70. The number of rotatable bonds is 8. The molecule has 0 saturated heterocycles. The molecule has 9 heteroatoms. The highest BCUT2D eigenvalue weighted by atomic mass is 32.2. The van der Waals surface area contributed by atoms with Crippen molar-refractivity contribution in [3.8, 4) is 0 Å². The van der Waals surface area contributed by atoms with Gasteiger partial charge in [0.15, 0.2) is 0 Å². The fourth-order valence-electron chi connectivity index (χ4n) is 2.78. The molecule has 1 amide bonds. The zero-order chi connectivity index (χ0) is 22.4. The zero-order valence-electron chi connectivity index (χ0n) is 17.0. The van der Waals surface area contributed by atoms with Crippen LogP contribution in [0.5, 0.6) is 0 Å². The maximum absolute atomic E-state index is 12.7. The summed E-state index contributed by atoms with van der Waals surface area (Å²) in [5.74, 6) is -0.747. The van der Waals surface area contributed by atoms with E-state index < -0.39 is 15.9 Å². The lowest BCUT2D eigenvalue weighted by molar-refractivity contribution is -0.146. The first-order valence-electron chi connectivity index (χ1n) is 9.49. The monoisotopic (exact) mass is 458 g/mol. The molecule has 0 spiro atoms. The van der Waals surface area contributed by atoms with Crippen molar-refractivity contribution in [3.05, 3.63) is 77.2 Å². The summed E-state index contributed by atoms with van der Waals surface area (Å²) >= 11 is 1.11. The first-order chi connectivity index (χ1) is 14.7. The Kier molecular flexibility index (Phi) is 7.09. The Morgan fingerprint density at radius 3 is 2.45 bits per heavy atom. The average Bonchev–Trinajstić information content (AvgIpc) is 3.23. The molecular weight excluding hydrogens is 436 g/mol. The minimum Gasteiger partial charge on any atom is -0.463 e. The van der Waals surface area contributed by atoms with Gasteiger partial charge in [-0.15, -0.1) is 11.3 Å². The summed E-state index contributed by atoms with van der Waals surface area (Å²) in [4.78, 5) is 24.5. The molecule has 2 aromatic carbocycles. The topological polar surface area (TPSA) is 102 Å². The first-order valence-corrected chi connectivity index (χ1v) is 11.9. The minimum absolute atomic E-state index is 0.0991. The van der Waals surface area contributed by atoms with Crippen molar-refractivity contribution < 1.29 is 22.7 Å². The van der Waals surface area contributed by atoms with Crippen LogP contribution in [0.25, 0.3) is 0 Å². The Bertz CT molecular complexity index is 1170. The second-order valence-corrected chi connectivity index (χ2v) is 9.85. The van der Waals surface area contributed by atoms with Crippen molar-refractivity contribution in [2.75, 3.05) is 10.0 Å². The number of anilines is 2. The van der Waals surface area contributed by atoms with Crippen LogP contribution in [0.4, 0.5) is 11.4 Å². The van der Waals surface area contributed by atoms with E-state index in [0.29, 0.717) is 11.3 Å². The van der Waals surface area contributed by atoms with E-state index in [4.69, 9.17) is 4.74 Å². The summed E-state index contributed by atoms with van der Waals surface area (Å²) in [5, 5.41) is 4.44. The largest absolute Gasteiger partial charge is 0.463 e. The molecule has 0 aliphatic heterocycles. The van der Waals surface area contributed by atoms with E-state index >= 15 is 0 Å². The second kappa shape index (κ2) is 9.76. The minimum atomic E-state index is -3.70. The third-order valence-electron chi connectivity index (χ3n) is 4.04. The molecule has 0 aliphatic rings. The normalized spacial score (nSPS) is 11.2. The quantitative estimate of drug-likeness (QED) is 0.490. The second-order valence-electron chi connectivity index (χ2n) is 6.99. The third-order valence-corrected chi connectivity index (χ3v) is 6.82. The van der Waals surface area contributed by atoms with Crippen LogP contribution in [0.2, 0.25) is 0 Å². The Labute approximate surface area is 185 Å². The summed E-state index contributed by atoms with van der Waals surface area (Å²) < 4.78 is 32.6. The summed E-state index contributed by atoms with van der Waals surface area (Å²) in [6.45, 7) is 3.56. The fourth-order valence-corrected chi connectivity index (χ4v) is 4.82. The molecule has 0 saturated carbocycles. The maximum atomic E-state index is 12.7. The fraction of sp³-hybridized carbons (Fsp3) is 0.182. The van der Waals surface area contributed by atoms with Gasteiger partial charge in [-0.2, -0.15) is 0 Å². The van der Waals surface area contributed by atoms with Crippen LogP contribution in [-0.2, 0) is 26.0 Å². The van der Waals surface area contributed by atoms with Gasteiger partial charge >= 0.3 is 5.97 Å². The molecule has 31 heavy (non-hydrogen) atoms. The van der Waals surface area contributed by atoms with Crippen LogP contribution in [0, 0.1) is 0 Å². The predicted molar refractivity (Wildman–Crippen MR) is 121 cm³/mol. The van der Waals surface area contributed by atoms with Gasteiger partial charge in [-0.25, -0.2) is 8.42 Å². The standard InChI is InChI=1S/C22H22N2O5S2/c1-15(2)29-20(25)13-16-6-3-8-18(12-16)23-22(26)17-7-4-9-19(14-17)24-31(27,28)21-10-5-11-30-21/h3-12,14-15,24H,13H2,1-2H3,(H,23,26). The molecular formula is C22H22N2O5S2. The van der Waals surface area contributed by atoms with Gasteiger partial charge in [0.05, 0.1) is 12.5 Å². The Balaban J connectivity index is 1.69. The number of ether oxygens (including phenoxy) is 1. The van der Waals surface area contributed by atoms with Crippen LogP contribution in [-0.4, -0.2) is 26.4 Å². The maximum Gasteiger partial charge on any atom is 0.310 e. The lowest BCUT2D eigenvalue weighted by Crippen LogP contribution is -2.15. The van der Waals surface area contributed by atoms with Gasteiger partial charge in [-0.05, 0) is 61.2 Å². The molecule has 1 heterocycles. The van der Waals surface area contributed by atoms with Crippen LogP contribution < -0.4 is 10.0 Å². The summed E-state index contributed by atoms with van der Waals surface area (Å²) in [5.41, 5.74) is 1.80. The molecule has 3 aromatic rings. The number of nitrogens with one attached hydrogen (secondary N) is 2. The van der Waals surface area contributed by atoms with E-state index in [0.717, 1.165) is 11.3 Å². The number of carbonyl (C=O) groups is 2. The van der Waals surface area contributed by atoms with Crippen LogP contribution >= 0.6 is 11.3 Å². The van der Waals surface area contributed by atoms with Crippen LogP contribution in [0.3, 0.4) is 0 Å². The van der Waals surface area contributed by atoms with Crippen molar-refractivity contribution in [1.29, 1.82) is 0 Å². The zero-order valence-corrected chi connectivity index (χ0v) is 18.6. The average molecular weight is 459 g/mol. The summed E-state index contributed by atoms with van der Waals surface area (Å²) in [6, 6.07) is 16.3. The highest BCUT2D eigenvalue weighted by Gasteiger charge is 2.16. The number of amides is 1. The molecule has 162 valence electrons. The highest BCUT2D eigenvalue weighted by molar-refractivity contribution is 7.94. The van der Waals surface area contributed by atoms with Gasteiger partial charge in [0.1, 0.15) is 4.21 Å². The lowest BCUT2D eigenvalue weighted by atomic mass is 10.1. The Morgan fingerprint density at radius 2 is 1.74 bits per heavy atom. The van der Waals surface area contributed by atoms with Crippen molar-refractivity contribution in [2.45, 2.75) is 30.6 Å². The number of thiophene rings is 1. The van der Waals surface area contributed by atoms with Gasteiger partial charge in [-0.3, -0.25) is 14.3 Å². The van der Waals surface area contributed by atoms with Gasteiger partial charge in [0, 0.05) is 16.9 Å². The lowest BCUT2D eigenvalue weighted by Gasteiger charge is -2.11. The number of carbonyl (C=O) groups excluding carboxylic acids is 2. The number of sulfonamides is 1. The molecule has 0 bridgehead atoms. The van der Waals surface area contributed by atoms with E-state index in [2.05, 4.69) is 10.0 Å². The Hall–Kier alpha value is -3.17. The van der Waals surface area contributed by atoms with Crippen molar-refractivity contribution in [3.63, 3.8) is 0 Å². The molecule has 2 N–H and O–H groups in total. The van der Waals surface area contributed by atoms with Crippen LogP contribution in [0.15, 0.2) is 70.3 Å². The first kappa shape index (κ1) is 22.5. The van der Waals surface area contributed by atoms with Gasteiger partial charge in [0.25, 0.3) is 15.9 Å².